The Bertz CT molecular complexity index is 300. The molecule has 0 spiro atoms. The first-order valence-corrected chi connectivity index (χ1v) is 6.04. The Morgan fingerprint density at radius 2 is 1.78 bits per heavy atom. The van der Waals surface area contributed by atoms with Crippen molar-refractivity contribution < 1.29 is 9.53 Å². The van der Waals surface area contributed by atoms with E-state index >= 15 is 0 Å². The van der Waals surface area contributed by atoms with Crippen LogP contribution in [0.1, 0.15) is 41.5 Å². The molecule has 0 heterocycles. The number of rotatable bonds is 3. The lowest BCUT2D eigenvalue weighted by atomic mass is 10.1. The number of alkyl carbamates (subject to hydrolysis) is 1. The van der Waals surface area contributed by atoms with Crippen molar-refractivity contribution in [1.82, 2.24) is 10.6 Å². The van der Waals surface area contributed by atoms with Crippen molar-refractivity contribution in [3.8, 4) is 0 Å². The fraction of sp³-hybridized carbons (Fsp3) is 0.833. The molecule has 0 aliphatic heterocycles. The number of nitrogens with two attached hydrogens (primary N) is 1. The zero-order valence-corrected chi connectivity index (χ0v) is 12.3. The van der Waals surface area contributed by atoms with Crippen LogP contribution < -0.4 is 16.4 Å². The number of guanidine groups is 1. The Morgan fingerprint density at radius 1 is 1.22 bits per heavy atom. The lowest BCUT2D eigenvalue weighted by molar-refractivity contribution is 0.0529. The zero-order valence-electron chi connectivity index (χ0n) is 12.3. The van der Waals surface area contributed by atoms with Gasteiger partial charge in [0.25, 0.3) is 0 Å². The number of carbonyl (C=O) groups excluding carboxylic acids is 1. The summed E-state index contributed by atoms with van der Waals surface area (Å²) >= 11 is 0. The molecule has 0 atom stereocenters. The third-order valence-electron chi connectivity index (χ3n) is 1.57. The Labute approximate surface area is 109 Å². The van der Waals surface area contributed by atoms with Gasteiger partial charge in [-0.3, -0.25) is 4.99 Å². The largest absolute Gasteiger partial charge is 0.444 e. The molecule has 0 radical (unpaired) electrons. The molecule has 6 nitrogen and oxygen atoms in total. The fourth-order valence-corrected chi connectivity index (χ4v) is 1.07. The number of hydrogen-bond acceptors (Lipinski definition) is 3. The Kier molecular flexibility index (Phi) is 5.94. The van der Waals surface area contributed by atoms with E-state index in [9.17, 15) is 4.79 Å². The van der Waals surface area contributed by atoms with E-state index in [0.29, 0.717) is 19.0 Å². The molecule has 0 saturated carbocycles. The van der Waals surface area contributed by atoms with Crippen LogP contribution in [0, 0.1) is 0 Å². The normalized spacial score (nSPS) is 13.1. The summed E-state index contributed by atoms with van der Waals surface area (Å²) in [5, 5.41) is 5.64. The first kappa shape index (κ1) is 16.5. The summed E-state index contributed by atoms with van der Waals surface area (Å²) in [6.07, 6.45) is -0.444. The van der Waals surface area contributed by atoms with E-state index in [0.717, 1.165) is 0 Å². The maximum atomic E-state index is 11.3. The molecule has 0 aromatic rings. The summed E-state index contributed by atoms with van der Waals surface area (Å²) in [6, 6.07) is 0. The summed E-state index contributed by atoms with van der Waals surface area (Å²) < 4.78 is 5.08. The quantitative estimate of drug-likeness (QED) is 0.403. The van der Waals surface area contributed by atoms with Crippen LogP contribution in [-0.4, -0.2) is 36.3 Å². The van der Waals surface area contributed by atoms with Gasteiger partial charge in [-0.1, -0.05) is 0 Å². The van der Waals surface area contributed by atoms with E-state index in [1.54, 1.807) is 0 Å². The van der Waals surface area contributed by atoms with Gasteiger partial charge in [0, 0.05) is 12.1 Å². The average Bonchev–Trinajstić information content (AvgIpc) is 2.06. The van der Waals surface area contributed by atoms with Crippen molar-refractivity contribution in [3.05, 3.63) is 0 Å². The van der Waals surface area contributed by atoms with Gasteiger partial charge >= 0.3 is 6.09 Å². The smallest absolute Gasteiger partial charge is 0.407 e. The van der Waals surface area contributed by atoms with Gasteiger partial charge in [0.15, 0.2) is 5.96 Å². The van der Waals surface area contributed by atoms with Gasteiger partial charge in [-0.15, -0.1) is 0 Å². The molecule has 18 heavy (non-hydrogen) atoms. The third kappa shape index (κ3) is 11.0. The van der Waals surface area contributed by atoms with Crippen LogP contribution in [0.15, 0.2) is 4.99 Å². The second-order valence-corrected chi connectivity index (χ2v) is 6.07. The molecule has 4 N–H and O–H groups in total. The predicted molar refractivity (Wildman–Crippen MR) is 73.6 cm³/mol. The summed E-state index contributed by atoms with van der Waals surface area (Å²) in [5.41, 5.74) is 5.07. The van der Waals surface area contributed by atoms with E-state index in [-0.39, 0.29) is 5.54 Å². The van der Waals surface area contributed by atoms with Gasteiger partial charge < -0.3 is 21.1 Å². The highest BCUT2D eigenvalue weighted by molar-refractivity contribution is 5.78. The topological polar surface area (TPSA) is 88.7 Å². The Morgan fingerprint density at radius 3 is 2.22 bits per heavy atom. The van der Waals surface area contributed by atoms with E-state index in [1.165, 1.54) is 0 Å². The highest BCUT2D eigenvalue weighted by atomic mass is 16.6. The SMILES string of the molecule is CC(C)(C)NC(N)=NCCNC(=O)OC(C)(C)C. The maximum Gasteiger partial charge on any atom is 0.407 e. The molecule has 0 aliphatic rings. The highest BCUT2D eigenvalue weighted by Crippen LogP contribution is 2.06. The lowest BCUT2D eigenvalue weighted by Crippen LogP contribution is -2.45. The Hall–Kier alpha value is -1.46. The van der Waals surface area contributed by atoms with Crippen LogP contribution in [0.25, 0.3) is 0 Å². The number of hydrogen-bond donors (Lipinski definition) is 3. The molecular weight excluding hydrogens is 232 g/mol. The molecule has 0 aromatic carbocycles. The standard InChI is InChI=1S/C12H26N4O2/c1-11(2,3)16-9(13)14-7-8-15-10(17)18-12(4,5)6/h7-8H2,1-6H3,(H,15,17)(H3,13,14,16). The van der Waals surface area contributed by atoms with Crippen LogP contribution in [0.3, 0.4) is 0 Å². The first-order valence-electron chi connectivity index (χ1n) is 6.04. The minimum atomic E-state index is -0.486. The first-order chi connectivity index (χ1) is 7.99. The number of ether oxygens (including phenoxy) is 1. The number of aliphatic imine (C=N–C) groups is 1. The maximum absolute atomic E-state index is 11.3. The van der Waals surface area contributed by atoms with Gasteiger partial charge in [-0.2, -0.15) is 0 Å². The monoisotopic (exact) mass is 258 g/mol. The molecular formula is C12H26N4O2. The molecule has 0 saturated heterocycles. The summed E-state index contributed by atoms with van der Waals surface area (Å²) in [7, 11) is 0. The van der Waals surface area contributed by atoms with Gasteiger partial charge in [-0.25, -0.2) is 4.79 Å². The van der Waals surface area contributed by atoms with Crippen molar-refractivity contribution in [1.29, 1.82) is 0 Å². The summed E-state index contributed by atoms with van der Waals surface area (Å²) in [6.45, 7) is 12.2. The van der Waals surface area contributed by atoms with Crippen molar-refractivity contribution in [3.63, 3.8) is 0 Å². The lowest BCUT2D eigenvalue weighted by Gasteiger charge is -2.21. The predicted octanol–water partition coefficient (Wildman–Crippen LogP) is 1.21. The number of amides is 1. The van der Waals surface area contributed by atoms with Crippen LogP contribution in [-0.2, 0) is 4.74 Å². The third-order valence-corrected chi connectivity index (χ3v) is 1.57. The van der Waals surface area contributed by atoms with Crippen molar-refractivity contribution in [2.24, 2.45) is 10.7 Å². The van der Waals surface area contributed by atoms with Gasteiger partial charge in [0.05, 0.1) is 6.54 Å². The fourth-order valence-electron chi connectivity index (χ4n) is 1.07. The molecule has 6 heteroatoms. The molecule has 0 aromatic heterocycles. The molecule has 0 aliphatic carbocycles. The van der Waals surface area contributed by atoms with Gasteiger partial charge in [0.1, 0.15) is 5.60 Å². The number of carbonyl (C=O) groups is 1. The van der Waals surface area contributed by atoms with Gasteiger partial charge in [0.2, 0.25) is 0 Å². The highest BCUT2D eigenvalue weighted by Gasteiger charge is 2.15. The van der Waals surface area contributed by atoms with Crippen molar-refractivity contribution in [2.45, 2.75) is 52.7 Å². The second-order valence-electron chi connectivity index (χ2n) is 6.07. The summed E-state index contributed by atoms with van der Waals surface area (Å²) in [5.74, 6) is 0.369. The van der Waals surface area contributed by atoms with E-state index in [2.05, 4.69) is 15.6 Å². The van der Waals surface area contributed by atoms with E-state index in [1.807, 2.05) is 41.5 Å². The van der Waals surface area contributed by atoms with Crippen LogP contribution in [0.5, 0.6) is 0 Å². The minimum Gasteiger partial charge on any atom is -0.444 e. The summed E-state index contributed by atoms with van der Waals surface area (Å²) in [4.78, 5) is 15.4. The van der Waals surface area contributed by atoms with Crippen LogP contribution >= 0.6 is 0 Å². The van der Waals surface area contributed by atoms with Crippen LogP contribution in [0.2, 0.25) is 0 Å². The zero-order chi connectivity index (χ0) is 14.4. The molecule has 0 fully saturated rings. The van der Waals surface area contributed by atoms with Gasteiger partial charge in [-0.05, 0) is 41.5 Å². The number of nitrogens with zero attached hydrogens (tertiary/aromatic N) is 1. The second kappa shape index (κ2) is 6.47. The molecule has 1 amide bonds. The molecule has 0 rings (SSSR count). The van der Waals surface area contributed by atoms with Crippen molar-refractivity contribution >= 4 is 12.1 Å². The average molecular weight is 258 g/mol. The van der Waals surface area contributed by atoms with Crippen molar-refractivity contribution in [2.75, 3.05) is 13.1 Å². The van der Waals surface area contributed by atoms with Crippen LogP contribution in [0.4, 0.5) is 4.79 Å². The van der Waals surface area contributed by atoms with E-state index < -0.39 is 11.7 Å². The number of nitrogens with one attached hydrogen (secondary N) is 2. The molecule has 106 valence electrons. The van der Waals surface area contributed by atoms with E-state index in [4.69, 9.17) is 10.5 Å². The molecule has 0 unspecified atom stereocenters. The minimum absolute atomic E-state index is 0.119. The Balaban J connectivity index is 3.86. The molecule has 0 bridgehead atoms.